The highest BCUT2D eigenvalue weighted by Crippen LogP contribution is 2.32. The Morgan fingerprint density at radius 1 is 1.50 bits per heavy atom. The van der Waals surface area contributed by atoms with Gasteiger partial charge in [-0.25, -0.2) is 0 Å². The second-order valence-corrected chi connectivity index (χ2v) is 6.40. The summed E-state index contributed by atoms with van der Waals surface area (Å²) in [5.74, 6) is 0.158. The fraction of sp³-hybridized carbons (Fsp3) is 0.429. The minimum Gasteiger partial charge on any atom is -0.394 e. The van der Waals surface area contributed by atoms with Crippen LogP contribution in [-0.4, -0.2) is 46.8 Å². The van der Waals surface area contributed by atoms with E-state index in [-0.39, 0.29) is 18.4 Å². The standard InChI is InChI=1S/C14H18N2O3S/c1-14(2,8-17)16(3)13(19)9-4-5-11-10(6-9)15-12(18)7-20-11/h4-6,17H,7-8H2,1-3H3,(H,15,18). The number of aliphatic hydroxyl groups excluding tert-OH is 1. The maximum absolute atomic E-state index is 12.4. The average molecular weight is 294 g/mol. The van der Waals surface area contributed by atoms with Crippen LogP contribution in [0.3, 0.4) is 0 Å². The molecule has 0 fully saturated rings. The summed E-state index contributed by atoms with van der Waals surface area (Å²) in [6, 6.07) is 5.27. The Morgan fingerprint density at radius 3 is 2.85 bits per heavy atom. The molecule has 5 nitrogen and oxygen atoms in total. The molecule has 20 heavy (non-hydrogen) atoms. The second-order valence-electron chi connectivity index (χ2n) is 5.38. The highest BCUT2D eigenvalue weighted by molar-refractivity contribution is 8.00. The molecule has 108 valence electrons. The van der Waals surface area contributed by atoms with Crippen LogP contribution in [0.5, 0.6) is 0 Å². The van der Waals surface area contributed by atoms with Gasteiger partial charge in [0.15, 0.2) is 0 Å². The zero-order chi connectivity index (χ0) is 14.9. The van der Waals surface area contributed by atoms with Gasteiger partial charge in [-0.1, -0.05) is 0 Å². The van der Waals surface area contributed by atoms with Crippen molar-refractivity contribution in [2.24, 2.45) is 0 Å². The lowest BCUT2D eigenvalue weighted by Gasteiger charge is -2.34. The van der Waals surface area contributed by atoms with Gasteiger partial charge >= 0.3 is 0 Å². The van der Waals surface area contributed by atoms with Crippen molar-refractivity contribution in [3.05, 3.63) is 23.8 Å². The molecule has 1 aliphatic heterocycles. The number of aliphatic hydroxyl groups is 1. The van der Waals surface area contributed by atoms with Gasteiger partial charge in [-0.2, -0.15) is 0 Å². The summed E-state index contributed by atoms with van der Waals surface area (Å²) in [6.45, 7) is 3.47. The highest BCUT2D eigenvalue weighted by Gasteiger charge is 2.28. The van der Waals surface area contributed by atoms with Gasteiger partial charge in [0, 0.05) is 17.5 Å². The zero-order valence-corrected chi connectivity index (χ0v) is 12.6. The van der Waals surface area contributed by atoms with Gasteiger partial charge in [0.05, 0.1) is 23.6 Å². The largest absolute Gasteiger partial charge is 0.394 e. The minimum atomic E-state index is -0.634. The Kier molecular flexibility index (Phi) is 4.06. The van der Waals surface area contributed by atoms with E-state index in [1.165, 1.54) is 16.7 Å². The quantitative estimate of drug-likeness (QED) is 0.888. The van der Waals surface area contributed by atoms with Gasteiger partial charge in [0.2, 0.25) is 5.91 Å². The minimum absolute atomic E-state index is 0.0591. The monoisotopic (exact) mass is 294 g/mol. The molecule has 1 heterocycles. The van der Waals surface area contributed by atoms with E-state index < -0.39 is 5.54 Å². The van der Waals surface area contributed by atoms with Crippen LogP contribution in [0, 0.1) is 0 Å². The van der Waals surface area contributed by atoms with Crippen molar-refractivity contribution in [1.82, 2.24) is 4.90 Å². The van der Waals surface area contributed by atoms with Crippen LogP contribution in [0.25, 0.3) is 0 Å². The number of benzene rings is 1. The van der Waals surface area contributed by atoms with Gasteiger partial charge < -0.3 is 15.3 Å². The summed E-state index contributed by atoms with van der Waals surface area (Å²) in [6.07, 6.45) is 0. The van der Waals surface area contributed by atoms with Gasteiger partial charge in [-0.15, -0.1) is 11.8 Å². The highest BCUT2D eigenvalue weighted by atomic mass is 32.2. The number of rotatable bonds is 3. The molecule has 0 saturated heterocycles. The predicted molar refractivity (Wildman–Crippen MR) is 79.1 cm³/mol. The van der Waals surface area contributed by atoms with E-state index in [4.69, 9.17) is 0 Å². The number of carbonyl (C=O) groups is 2. The third-order valence-corrected chi connectivity index (χ3v) is 4.53. The van der Waals surface area contributed by atoms with Crippen LogP contribution in [0.4, 0.5) is 5.69 Å². The van der Waals surface area contributed by atoms with E-state index >= 15 is 0 Å². The number of fused-ring (bicyclic) bond motifs is 1. The molecule has 0 saturated carbocycles. The molecule has 0 bridgehead atoms. The van der Waals surface area contributed by atoms with Crippen molar-refractivity contribution < 1.29 is 14.7 Å². The average Bonchev–Trinajstić information content (AvgIpc) is 2.44. The first kappa shape index (κ1) is 14.9. The fourth-order valence-electron chi connectivity index (χ4n) is 1.79. The summed E-state index contributed by atoms with van der Waals surface area (Å²) in [5, 5.41) is 12.1. The molecule has 6 heteroatoms. The molecule has 2 rings (SSSR count). The zero-order valence-electron chi connectivity index (χ0n) is 11.8. The molecule has 1 aliphatic rings. The summed E-state index contributed by atoms with van der Waals surface area (Å²) in [5.41, 5.74) is 0.535. The van der Waals surface area contributed by atoms with E-state index in [0.29, 0.717) is 17.0 Å². The van der Waals surface area contributed by atoms with Gasteiger partial charge in [0.25, 0.3) is 5.91 Å². The molecule has 0 atom stereocenters. The number of nitrogens with one attached hydrogen (secondary N) is 1. The molecule has 0 aromatic heterocycles. The molecule has 2 N–H and O–H groups in total. The summed E-state index contributed by atoms with van der Waals surface area (Å²) >= 11 is 1.46. The van der Waals surface area contributed by atoms with Crippen molar-refractivity contribution in [3.8, 4) is 0 Å². The fourth-order valence-corrected chi connectivity index (χ4v) is 2.58. The Labute approximate surface area is 122 Å². The van der Waals surface area contributed by atoms with Crippen molar-refractivity contribution in [2.75, 3.05) is 24.7 Å². The number of hydrogen-bond donors (Lipinski definition) is 2. The first-order valence-electron chi connectivity index (χ1n) is 6.31. The smallest absolute Gasteiger partial charge is 0.254 e. The number of amides is 2. The van der Waals surface area contributed by atoms with Gasteiger partial charge in [0.1, 0.15) is 0 Å². The van der Waals surface area contributed by atoms with Crippen LogP contribution in [0.1, 0.15) is 24.2 Å². The number of nitrogens with zero attached hydrogens (tertiary/aromatic N) is 1. The lowest BCUT2D eigenvalue weighted by molar-refractivity contribution is -0.113. The molecule has 1 aromatic rings. The number of anilines is 1. The Hall–Kier alpha value is -1.53. The Morgan fingerprint density at radius 2 is 2.20 bits per heavy atom. The molecule has 0 radical (unpaired) electrons. The first-order chi connectivity index (χ1) is 9.35. The molecule has 0 unspecified atom stereocenters. The first-order valence-corrected chi connectivity index (χ1v) is 7.29. The van der Waals surface area contributed by atoms with Crippen molar-refractivity contribution in [3.63, 3.8) is 0 Å². The molecule has 0 aliphatic carbocycles. The normalized spacial score (nSPS) is 14.5. The van der Waals surface area contributed by atoms with E-state index in [1.54, 1.807) is 33.0 Å². The van der Waals surface area contributed by atoms with Crippen LogP contribution < -0.4 is 5.32 Å². The maximum atomic E-state index is 12.4. The molecule has 0 spiro atoms. The third-order valence-electron chi connectivity index (χ3n) is 3.46. The molecule has 1 aromatic carbocycles. The van der Waals surface area contributed by atoms with E-state index in [0.717, 1.165) is 4.90 Å². The number of likely N-dealkylation sites (N-methyl/N-ethyl adjacent to an activating group) is 1. The van der Waals surface area contributed by atoms with Gasteiger partial charge in [-0.05, 0) is 32.0 Å². The SMILES string of the molecule is CN(C(=O)c1ccc2c(c1)NC(=O)CS2)C(C)(C)CO. The number of thioether (sulfide) groups is 1. The third kappa shape index (κ3) is 2.81. The van der Waals surface area contributed by atoms with Crippen LogP contribution >= 0.6 is 11.8 Å². The van der Waals surface area contributed by atoms with E-state index in [9.17, 15) is 14.7 Å². The lowest BCUT2D eigenvalue weighted by Crippen LogP contribution is -2.47. The Bertz CT molecular complexity index is 557. The summed E-state index contributed by atoms with van der Waals surface area (Å²) in [4.78, 5) is 26.3. The Balaban J connectivity index is 2.28. The number of hydrogen-bond acceptors (Lipinski definition) is 4. The summed E-state index contributed by atoms with van der Waals surface area (Å²) in [7, 11) is 1.66. The summed E-state index contributed by atoms with van der Waals surface area (Å²) < 4.78 is 0. The molecular formula is C14H18N2O3S. The molecular weight excluding hydrogens is 276 g/mol. The van der Waals surface area contributed by atoms with E-state index in [2.05, 4.69) is 5.32 Å². The second kappa shape index (κ2) is 5.46. The van der Waals surface area contributed by atoms with Crippen molar-refractivity contribution in [1.29, 1.82) is 0 Å². The van der Waals surface area contributed by atoms with E-state index in [1.807, 2.05) is 6.07 Å². The van der Waals surface area contributed by atoms with Crippen LogP contribution in [0.2, 0.25) is 0 Å². The maximum Gasteiger partial charge on any atom is 0.254 e. The predicted octanol–water partition coefficient (Wildman–Crippen LogP) is 1.57. The molecule has 2 amide bonds. The number of carbonyl (C=O) groups excluding carboxylic acids is 2. The van der Waals surface area contributed by atoms with Crippen LogP contribution in [-0.2, 0) is 4.79 Å². The lowest BCUT2D eigenvalue weighted by atomic mass is 10.0. The van der Waals surface area contributed by atoms with Crippen molar-refractivity contribution in [2.45, 2.75) is 24.3 Å². The van der Waals surface area contributed by atoms with Crippen molar-refractivity contribution >= 4 is 29.3 Å². The van der Waals surface area contributed by atoms with Crippen LogP contribution in [0.15, 0.2) is 23.1 Å². The topological polar surface area (TPSA) is 69.6 Å². The van der Waals surface area contributed by atoms with Gasteiger partial charge in [-0.3, -0.25) is 9.59 Å².